The van der Waals surface area contributed by atoms with Gasteiger partial charge in [0.25, 0.3) is 5.91 Å². The second kappa shape index (κ2) is 8.45. The van der Waals surface area contributed by atoms with Crippen LogP contribution in [0.1, 0.15) is 12.5 Å². The van der Waals surface area contributed by atoms with Gasteiger partial charge in [0.1, 0.15) is 5.75 Å². The lowest BCUT2D eigenvalue weighted by atomic mass is 10.1. The van der Waals surface area contributed by atoms with Gasteiger partial charge in [-0.15, -0.1) is 11.3 Å². The highest BCUT2D eigenvalue weighted by Gasteiger charge is 2.25. The molecule has 0 atom stereocenters. The number of aromatic nitrogens is 1. The molecule has 0 fully saturated rings. The molecular weight excluding hydrogens is 422 g/mol. The predicted molar refractivity (Wildman–Crippen MR) is 119 cm³/mol. The van der Waals surface area contributed by atoms with Gasteiger partial charge in [0.2, 0.25) is 10.0 Å². The summed E-state index contributed by atoms with van der Waals surface area (Å²) in [5.74, 6) is 0.542. The first kappa shape index (κ1) is 20.4. The fourth-order valence-corrected chi connectivity index (χ4v) is 5.30. The molecule has 2 aromatic carbocycles. The number of anilines is 2. The van der Waals surface area contributed by atoms with Crippen LogP contribution in [0.15, 0.2) is 53.9 Å². The first-order valence-corrected chi connectivity index (χ1v) is 12.1. The van der Waals surface area contributed by atoms with Crippen molar-refractivity contribution in [1.82, 2.24) is 4.98 Å². The number of rotatable bonds is 7. The fraction of sp³-hybridized carbons (Fsp3) is 0.238. The Balaban J connectivity index is 1.49. The number of benzene rings is 2. The van der Waals surface area contributed by atoms with Crippen molar-refractivity contribution in [3.8, 4) is 17.0 Å². The normalized spacial score (nSPS) is 13.6. The van der Waals surface area contributed by atoms with Crippen LogP contribution in [0.4, 0.5) is 10.8 Å². The molecule has 1 N–H and O–H groups in total. The molecule has 1 aliphatic rings. The van der Waals surface area contributed by atoms with Crippen molar-refractivity contribution in [2.45, 2.75) is 13.3 Å². The van der Waals surface area contributed by atoms with Crippen LogP contribution in [0.2, 0.25) is 0 Å². The summed E-state index contributed by atoms with van der Waals surface area (Å²) in [6, 6.07) is 15.0. The van der Waals surface area contributed by atoms with E-state index in [0.29, 0.717) is 35.2 Å². The molecule has 1 aliphatic heterocycles. The molecule has 1 amide bonds. The number of sulfonamides is 1. The molecule has 0 radical (unpaired) electrons. The van der Waals surface area contributed by atoms with Gasteiger partial charge in [-0.1, -0.05) is 30.3 Å². The summed E-state index contributed by atoms with van der Waals surface area (Å²) in [7, 11) is -3.51. The third-order valence-corrected chi connectivity index (χ3v) is 6.90. The molecule has 2 heterocycles. The van der Waals surface area contributed by atoms with Gasteiger partial charge in [-0.25, -0.2) is 13.4 Å². The van der Waals surface area contributed by atoms with E-state index in [0.717, 1.165) is 11.1 Å². The minimum atomic E-state index is -3.51. The molecule has 0 saturated heterocycles. The van der Waals surface area contributed by atoms with Crippen molar-refractivity contribution in [2.75, 3.05) is 28.5 Å². The molecule has 0 bridgehead atoms. The number of carbonyl (C=O) groups excluding carboxylic acids is 1. The van der Waals surface area contributed by atoms with Crippen LogP contribution in [-0.4, -0.2) is 38.2 Å². The van der Waals surface area contributed by atoms with Crippen LogP contribution in [0.5, 0.6) is 5.75 Å². The third-order valence-electron chi connectivity index (χ3n) is 4.76. The smallest absolute Gasteiger partial charge is 0.265 e. The Morgan fingerprint density at radius 2 is 2.00 bits per heavy atom. The number of fused-ring (bicyclic) bond motifs is 1. The molecule has 0 aliphatic carbocycles. The molecule has 3 aromatic rings. The van der Waals surface area contributed by atoms with E-state index in [1.165, 1.54) is 11.3 Å². The molecule has 7 nitrogen and oxygen atoms in total. The molecule has 9 heteroatoms. The minimum absolute atomic E-state index is 0.0182. The van der Waals surface area contributed by atoms with Gasteiger partial charge < -0.3 is 9.64 Å². The Hall–Kier alpha value is -2.91. The fourth-order valence-electron chi connectivity index (χ4n) is 3.24. The number of likely N-dealkylation sites (N-methyl/N-ethyl adjacent to an activating group) is 1. The predicted octanol–water partition coefficient (Wildman–Crippen LogP) is 3.54. The Kier molecular flexibility index (Phi) is 5.74. The van der Waals surface area contributed by atoms with Gasteiger partial charge in [-0.2, -0.15) is 0 Å². The molecular formula is C21H21N3O4S2. The number of amides is 1. The largest absolute Gasteiger partial charge is 0.482 e. The van der Waals surface area contributed by atoms with E-state index in [1.54, 1.807) is 10.3 Å². The van der Waals surface area contributed by atoms with Crippen LogP contribution < -0.4 is 14.4 Å². The Bertz CT molecular complexity index is 1160. The summed E-state index contributed by atoms with van der Waals surface area (Å²) < 4.78 is 32.9. The molecule has 0 saturated carbocycles. The Labute approximate surface area is 179 Å². The van der Waals surface area contributed by atoms with Crippen molar-refractivity contribution in [3.63, 3.8) is 0 Å². The average molecular weight is 444 g/mol. The quantitative estimate of drug-likeness (QED) is 0.603. The summed E-state index contributed by atoms with van der Waals surface area (Å²) >= 11 is 1.22. The first-order chi connectivity index (χ1) is 14.4. The zero-order valence-corrected chi connectivity index (χ0v) is 18.0. The van der Waals surface area contributed by atoms with Crippen molar-refractivity contribution in [1.29, 1.82) is 0 Å². The van der Waals surface area contributed by atoms with E-state index in [1.807, 2.05) is 55.5 Å². The Morgan fingerprint density at radius 1 is 1.20 bits per heavy atom. The van der Waals surface area contributed by atoms with Crippen LogP contribution in [0, 0.1) is 0 Å². The summed E-state index contributed by atoms with van der Waals surface area (Å²) in [5, 5.41) is 2.11. The number of hydrogen-bond donors (Lipinski definition) is 1. The van der Waals surface area contributed by atoms with E-state index in [9.17, 15) is 13.2 Å². The standard InChI is InChI=1S/C21H21N3O4S2/c1-2-24-18-12-16(8-9-19(18)28-13-20(24)25)17-14-29-21(22-17)23-30(26,27)11-10-15-6-4-3-5-7-15/h3-9,12,14H,2,10-11,13H2,1H3,(H,22,23). The maximum atomic E-state index is 12.4. The average Bonchev–Trinajstić information content (AvgIpc) is 3.20. The summed E-state index contributed by atoms with van der Waals surface area (Å²) in [6.07, 6.45) is 0.431. The highest BCUT2D eigenvalue weighted by atomic mass is 32.2. The lowest BCUT2D eigenvalue weighted by Gasteiger charge is -2.28. The molecule has 30 heavy (non-hydrogen) atoms. The number of ether oxygens (including phenoxy) is 1. The second-order valence-electron chi connectivity index (χ2n) is 6.80. The van der Waals surface area contributed by atoms with E-state index >= 15 is 0 Å². The lowest BCUT2D eigenvalue weighted by molar-refractivity contribution is -0.121. The molecule has 1 aromatic heterocycles. The number of aryl methyl sites for hydroxylation is 1. The highest BCUT2D eigenvalue weighted by molar-refractivity contribution is 7.92. The monoisotopic (exact) mass is 443 g/mol. The van der Waals surface area contributed by atoms with Crippen LogP contribution in [0.25, 0.3) is 11.3 Å². The maximum absolute atomic E-state index is 12.4. The number of thiazole rings is 1. The molecule has 156 valence electrons. The third kappa shape index (κ3) is 4.47. The van der Waals surface area contributed by atoms with Gasteiger partial charge in [0.15, 0.2) is 11.7 Å². The minimum Gasteiger partial charge on any atom is -0.482 e. The number of nitrogens with zero attached hydrogens (tertiary/aromatic N) is 2. The topological polar surface area (TPSA) is 88.6 Å². The van der Waals surface area contributed by atoms with Crippen LogP contribution >= 0.6 is 11.3 Å². The SMILES string of the molecule is CCN1C(=O)COc2ccc(-c3csc(NS(=O)(=O)CCc4ccccc4)n3)cc21. The highest BCUT2D eigenvalue weighted by Crippen LogP contribution is 2.36. The number of nitrogens with one attached hydrogen (secondary N) is 1. The molecule has 0 unspecified atom stereocenters. The molecule has 0 spiro atoms. The summed E-state index contributed by atoms with van der Waals surface area (Å²) in [6.45, 7) is 2.48. The van der Waals surface area contributed by atoms with Gasteiger partial charge in [0.05, 0.1) is 17.1 Å². The van der Waals surface area contributed by atoms with E-state index in [2.05, 4.69) is 9.71 Å². The number of hydrogen-bond acceptors (Lipinski definition) is 6. The second-order valence-corrected chi connectivity index (χ2v) is 9.50. The Morgan fingerprint density at radius 3 is 2.77 bits per heavy atom. The van der Waals surface area contributed by atoms with E-state index in [4.69, 9.17) is 4.74 Å². The van der Waals surface area contributed by atoms with Crippen LogP contribution in [0.3, 0.4) is 0 Å². The zero-order chi connectivity index (χ0) is 21.1. The van der Waals surface area contributed by atoms with Crippen molar-refractivity contribution in [3.05, 3.63) is 59.5 Å². The van der Waals surface area contributed by atoms with Crippen molar-refractivity contribution < 1.29 is 17.9 Å². The van der Waals surface area contributed by atoms with Crippen molar-refractivity contribution >= 4 is 38.1 Å². The number of carbonyl (C=O) groups is 1. The summed E-state index contributed by atoms with van der Waals surface area (Å²) in [5.41, 5.74) is 3.09. The van der Waals surface area contributed by atoms with Gasteiger partial charge >= 0.3 is 0 Å². The van der Waals surface area contributed by atoms with E-state index < -0.39 is 10.0 Å². The lowest BCUT2D eigenvalue weighted by Crippen LogP contribution is -2.38. The summed E-state index contributed by atoms with van der Waals surface area (Å²) in [4.78, 5) is 18.2. The molecule has 4 rings (SSSR count). The van der Waals surface area contributed by atoms with Gasteiger partial charge in [-0.05, 0) is 37.1 Å². The van der Waals surface area contributed by atoms with Gasteiger partial charge in [-0.3, -0.25) is 9.52 Å². The zero-order valence-electron chi connectivity index (χ0n) is 16.4. The maximum Gasteiger partial charge on any atom is 0.265 e. The first-order valence-electron chi connectivity index (χ1n) is 9.53. The van der Waals surface area contributed by atoms with Crippen LogP contribution in [-0.2, 0) is 21.2 Å². The van der Waals surface area contributed by atoms with Gasteiger partial charge in [0, 0.05) is 17.5 Å². The van der Waals surface area contributed by atoms with E-state index in [-0.39, 0.29) is 18.3 Å². The van der Waals surface area contributed by atoms with Crippen molar-refractivity contribution in [2.24, 2.45) is 0 Å².